The van der Waals surface area contributed by atoms with Crippen LogP contribution in [-0.4, -0.2) is 155 Å². The summed E-state index contributed by atoms with van der Waals surface area (Å²) in [4.78, 5) is 37.7. The van der Waals surface area contributed by atoms with Crippen LogP contribution < -0.4 is 39.7 Å². The van der Waals surface area contributed by atoms with Gasteiger partial charge in [-0.3, -0.25) is 9.80 Å². The van der Waals surface area contributed by atoms with Gasteiger partial charge in [0.1, 0.15) is 17.5 Å². The second-order valence-corrected chi connectivity index (χ2v) is 23.7. The number of methoxy groups -OCH3 is 3. The topological polar surface area (TPSA) is 152 Å². The van der Waals surface area contributed by atoms with E-state index in [0.29, 0.717) is 42.1 Å². The number of nitrogens with zero attached hydrogens (tertiary/aromatic N) is 11. The fourth-order valence-electron chi connectivity index (χ4n) is 10.9. The molecule has 10 fully saturated rings. The van der Waals surface area contributed by atoms with Crippen LogP contribution >= 0.6 is 43.5 Å². The van der Waals surface area contributed by atoms with Gasteiger partial charge in [0.05, 0.1) is 44.7 Å². The van der Waals surface area contributed by atoms with Crippen LogP contribution in [0.2, 0.25) is 0 Å². The molecule has 0 spiro atoms. The zero-order valence-corrected chi connectivity index (χ0v) is 47.9. The Kier molecular flexibility index (Phi) is 14.4. The third kappa shape index (κ3) is 13.2. The van der Waals surface area contributed by atoms with E-state index in [2.05, 4.69) is 143 Å². The van der Waals surface area contributed by atoms with Gasteiger partial charge < -0.3 is 43.5 Å². The smallest absolute Gasteiger partial charge is 0.481 e. The van der Waals surface area contributed by atoms with Crippen molar-refractivity contribution in [1.82, 2.24) is 45.0 Å². The number of hydrogen-bond donors (Lipinski definition) is 1. The fraction of sp³-hybridized carbons (Fsp3) is 0.474. The van der Waals surface area contributed by atoms with E-state index in [9.17, 15) is 0 Å². The predicted molar refractivity (Wildman–Crippen MR) is 313 cm³/mol. The van der Waals surface area contributed by atoms with Gasteiger partial charge in [0.25, 0.3) is 0 Å². The highest BCUT2D eigenvalue weighted by molar-refractivity contribution is 9.10. The Hall–Kier alpha value is -5.19. The summed E-state index contributed by atoms with van der Waals surface area (Å²) >= 11 is 12.3. The zero-order chi connectivity index (χ0) is 62.1. The average Bonchev–Trinajstić information content (AvgIpc) is 1.63. The molecule has 6 aromatic rings. The molecule has 10 aliphatic rings. The van der Waals surface area contributed by atoms with Gasteiger partial charge in [0.2, 0.25) is 17.6 Å². The molecule has 6 aromatic heterocycles. The number of fused-ring (bicyclic) bond motifs is 6. The number of pyridine rings is 6. The third-order valence-corrected chi connectivity index (χ3v) is 17.1. The first-order valence-electron chi connectivity index (χ1n) is 30.6. The minimum Gasteiger partial charge on any atom is -0.481 e. The number of alkyl halides is 1. The fourth-order valence-corrected chi connectivity index (χ4v) is 11.5. The Bertz CT molecular complexity index is 3170. The zero-order valence-electron chi connectivity index (χ0n) is 53.0. The summed E-state index contributed by atoms with van der Waals surface area (Å²) in [5.41, 5.74) is 3.13. The van der Waals surface area contributed by atoms with Crippen LogP contribution in [0.4, 0.5) is 17.5 Å². The van der Waals surface area contributed by atoms with Crippen LogP contribution in [0.25, 0.3) is 0 Å². The lowest BCUT2D eigenvalue weighted by atomic mass is 9.80. The highest BCUT2D eigenvalue weighted by atomic mass is 79.9. The molecule has 1 N–H and O–H groups in total. The van der Waals surface area contributed by atoms with Crippen molar-refractivity contribution in [3.05, 3.63) is 136 Å². The molecule has 6 bridgehead atoms. The lowest BCUT2D eigenvalue weighted by molar-refractivity contribution is -0.00879. The van der Waals surface area contributed by atoms with E-state index in [1.807, 2.05) is 42.9 Å². The second kappa shape index (κ2) is 24.7. The number of nitrogens with one attached hydrogen (secondary N) is 1. The quantitative estimate of drug-likeness (QED) is 0.0926. The molecule has 10 saturated heterocycles. The standard InChI is InChI=1S/C23H31BN4O3.C17H19BrN4O.C10H12BrN3.C7H8ClNO/c1-22(2)23(3,4)31-24(30-22)17-7-8-20(25-12-17)27-14-18-10-19(15-27)28(18)13-16-6-9-21(29-5)26-11-16;1-23-17-5-2-12(7-20-17)9-22-14-6-15(22)11-21(10-14)16-4-3-13(18)8-19-16;11-7-1-2-10(12-4-7)14-5-8-3-9(6-14)13-8;1-10-7-3-2-6(4-8)5-9-7/h6-9,11-12,18-19H,10,13-15H2,1-5H3;2-5,7-8,14-15H,6,9-11H2,1H3;1-2,4,8-9,13H,3,5-6H2;2-3,5H,4H2,1H3/i5D3;1D3;;1D3. The Labute approximate surface area is 493 Å². The van der Waals surface area contributed by atoms with Gasteiger partial charge in [0, 0.05) is 164 Å². The summed E-state index contributed by atoms with van der Waals surface area (Å²) < 4.78 is 91.8. The summed E-state index contributed by atoms with van der Waals surface area (Å²) in [6.07, 6.45) is 14.2. The summed E-state index contributed by atoms with van der Waals surface area (Å²) in [6.45, 7) is 15.8. The van der Waals surface area contributed by atoms with E-state index in [1.165, 1.54) is 31.5 Å². The van der Waals surface area contributed by atoms with Crippen molar-refractivity contribution in [2.75, 3.05) is 75.1 Å². The lowest BCUT2D eigenvalue weighted by Gasteiger charge is -2.56. The van der Waals surface area contributed by atoms with E-state index in [0.717, 1.165) is 101 Å². The molecule has 16 rings (SSSR count). The monoisotopic (exact) mass is 1220 g/mol. The van der Waals surface area contributed by atoms with Crippen molar-refractivity contribution < 1.29 is 35.9 Å². The van der Waals surface area contributed by atoms with Crippen molar-refractivity contribution in [2.45, 2.75) is 113 Å². The lowest BCUT2D eigenvalue weighted by Crippen LogP contribution is -2.68. The van der Waals surface area contributed by atoms with Crippen molar-refractivity contribution in [1.29, 1.82) is 0 Å². The molecule has 412 valence electrons. The van der Waals surface area contributed by atoms with Gasteiger partial charge in [0.15, 0.2) is 0 Å². The van der Waals surface area contributed by atoms with Crippen LogP contribution in [0.15, 0.2) is 119 Å². The van der Waals surface area contributed by atoms with Gasteiger partial charge in [-0.2, -0.15) is 0 Å². The second-order valence-electron chi connectivity index (χ2n) is 21.6. The number of aromatic nitrogens is 6. The number of piperidine rings is 3. The van der Waals surface area contributed by atoms with Crippen LogP contribution in [0.1, 0.15) is 76.0 Å². The molecule has 6 unspecified atom stereocenters. The van der Waals surface area contributed by atoms with E-state index < -0.39 is 28.2 Å². The maximum atomic E-state index is 7.18. The number of ether oxygens (including phenoxy) is 3. The van der Waals surface area contributed by atoms with E-state index in [4.69, 9.17) is 47.7 Å². The number of piperazine rings is 3. The highest BCUT2D eigenvalue weighted by Crippen LogP contribution is 2.39. The number of anilines is 3. The number of rotatable bonds is 12. The summed E-state index contributed by atoms with van der Waals surface area (Å²) in [6, 6.07) is 25.8. The SMILES string of the molecule is Brc1ccc(N2CC3CC(C2)N3)nc1.[2H]C([2H])([2H])Oc1ccc(CCl)cn1.[2H]C([2H])([2H])Oc1ccc(CN2C3CC2CN(c2ccc(B4OC(C)(C)C(C)(C)O4)cn2)C3)cn1.[2H]C([2H])([2H])Oc1ccc(CN2C3CC2CN(c2ccc(Br)cn2)C3)cn1. The first kappa shape index (κ1) is 45.5. The maximum absolute atomic E-state index is 7.18. The van der Waals surface area contributed by atoms with Crippen molar-refractivity contribution >= 4 is 73.5 Å². The summed E-state index contributed by atoms with van der Waals surface area (Å²) in [7, 11) is -7.80. The molecule has 0 aliphatic carbocycles. The molecule has 6 atom stereocenters. The Morgan fingerprint density at radius 1 is 0.538 bits per heavy atom. The molecular weight excluding hydrogens is 1140 g/mol. The van der Waals surface area contributed by atoms with E-state index >= 15 is 0 Å². The van der Waals surface area contributed by atoms with Crippen molar-refractivity contribution in [2.24, 2.45) is 0 Å². The van der Waals surface area contributed by atoms with Gasteiger partial charge in [-0.25, -0.2) is 29.9 Å². The predicted octanol–water partition coefficient (Wildman–Crippen LogP) is 8.18. The van der Waals surface area contributed by atoms with E-state index in [-0.39, 0.29) is 28.8 Å². The molecule has 10 aliphatic heterocycles. The van der Waals surface area contributed by atoms with Crippen molar-refractivity contribution in [3.8, 4) is 17.6 Å². The molecule has 0 aromatic carbocycles. The number of halogens is 3. The van der Waals surface area contributed by atoms with Crippen LogP contribution in [0.5, 0.6) is 17.6 Å². The first-order chi connectivity index (χ1) is 41.1. The Morgan fingerprint density at radius 2 is 0.936 bits per heavy atom. The van der Waals surface area contributed by atoms with Crippen LogP contribution in [0, 0.1) is 0 Å². The normalized spacial score (nSPS) is 26.3. The van der Waals surface area contributed by atoms with E-state index in [1.54, 1.807) is 30.6 Å². The molecule has 21 heteroatoms. The average molecular weight is 1220 g/mol. The van der Waals surface area contributed by atoms with Crippen LogP contribution in [-0.2, 0) is 28.3 Å². The summed E-state index contributed by atoms with van der Waals surface area (Å²) in [5, 5.41) is 3.51. The molecule has 17 nitrogen and oxygen atoms in total. The van der Waals surface area contributed by atoms with Gasteiger partial charge in [-0.05, 0) is 126 Å². The molecule has 0 saturated carbocycles. The number of hydrogen-bond acceptors (Lipinski definition) is 17. The van der Waals surface area contributed by atoms with Gasteiger partial charge in [-0.1, -0.05) is 24.3 Å². The Morgan fingerprint density at radius 3 is 1.28 bits per heavy atom. The summed E-state index contributed by atoms with van der Waals surface area (Å²) in [5.74, 6) is 3.77. The minimum atomic E-state index is -2.48. The third-order valence-electron chi connectivity index (χ3n) is 15.9. The van der Waals surface area contributed by atoms with Crippen LogP contribution in [0.3, 0.4) is 0 Å². The maximum Gasteiger partial charge on any atom is 0.496 e. The Balaban J connectivity index is 0.000000139. The molecule has 16 heterocycles. The largest absolute Gasteiger partial charge is 0.496 e. The molecule has 78 heavy (non-hydrogen) atoms. The van der Waals surface area contributed by atoms with Gasteiger partial charge >= 0.3 is 7.12 Å². The minimum absolute atomic E-state index is 0.0777. The van der Waals surface area contributed by atoms with Gasteiger partial charge in [-0.15, -0.1) is 11.6 Å². The van der Waals surface area contributed by atoms with Crippen molar-refractivity contribution in [3.63, 3.8) is 0 Å². The first-order valence-corrected chi connectivity index (χ1v) is 28.3. The highest BCUT2D eigenvalue weighted by Gasteiger charge is 2.52. The molecular formula is C57H70BBr2ClN12O5. The molecule has 0 radical (unpaired) electrons. The molecule has 0 amide bonds.